The Morgan fingerprint density at radius 1 is 1.14 bits per heavy atom. The Balaban J connectivity index is 1.40. The van der Waals surface area contributed by atoms with Crippen molar-refractivity contribution in [3.05, 3.63) is 71.5 Å². The highest BCUT2D eigenvalue weighted by molar-refractivity contribution is 6.08. The molecule has 2 N–H and O–H groups in total. The Kier molecular flexibility index (Phi) is 7.28. The average molecular weight is 576 g/mol. The van der Waals surface area contributed by atoms with Crippen LogP contribution in [0.3, 0.4) is 0 Å². The number of aryl methyl sites for hydroxylation is 1. The quantitative estimate of drug-likeness (QED) is 0.398. The van der Waals surface area contributed by atoms with Crippen LogP contribution in [0.2, 0.25) is 0 Å². The van der Waals surface area contributed by atoms with E-state index in [-0.39, 0.29) is 18.4 Å². The number of aromatic nitrogens is 3. The molecule has 4 heterocycles. The number of fused-ring (bicyclic) bond motifs is 2. The number of aliphatic hydroxyl groups excluding tert-OH is 1. The molecule has 6 rings (SSSR count). The Morgan fingerprint density at radius 2 is 1.93 bits per heavy atom. The second-order valence-corrected chi connectivity index (χ2v) is 11.9. The third kappa shape index (κ3) is 4.75. The fourth-order valence-corrected chi connectivity index (χ4v) is 6.99. The van der Waals surface area contributed by atoms with Crippen molar-refractivity contribution < 1.29 is 29.3 Å². The molecule has 0 saturated carbocycles. The highest BCUT2D eigenvalue weighted by Crippen LogP contribution is 2.58. The van der Waals surface area contributed by atoms with Gasteiger partial charge in [0, 0.05) is 48.9 Å². The van der Waals surface area contributed by atoms with E-state index in [9.17, 15) is 19.8 Å². The highest BCUT2D eigenvalue weighted by atomic mass is 16.6. The monoisotopic (exact) mass is 575 g/mol. The van der Waals surface area contributed by atoms with Crippen molar-refractivity contribution in [2.45, 2.75) is 64.0 Å². The van der Waals surface area contributed by atoms with Crippen LogP contribution in [0.25, 0.3) is 0 Å². The zero-order chi connectivity index (χ0) is 29.6. The Morgan fingerprint density at radius 3 is 2.62 bits per heavy atom. The first-order valence-corrected chi connectivity index (χ1v) is 14.5. The summed E-state index contributed by atoms with van der Waals surface area (Å²) >= 11 is 0. The van der Waals surface area contributed by atoms with E-state index in [2.05, 4.69) is 10.3 Å². The summed E-state index contributed by atoms with van der Waals surface area (Å²) in [5, 5.41) is 29.0. The zero-order valence-electron chi connectivity index (χ0n) is 24.1. The van der Waals surface area contributed by atoms with Gasteiger partial charge in [-0.1, -0.05) is 42.5 Å². The lowest BCUT2D eigenvalue weighted by Crippen LogP contribution is -2.46. The van der Waals surface area contributed by atoms with Gasteiger partial charge in [0.1, 0.15) is 6.61 Å². The summed E-state index contributed by atoms with van der Waals surface area (Å²) < 4.78 is 13.8. The number of aliphatic hydroxyl groups is 2. The number of carbonyl (C=O) groups is 2. The summed E-state index contributed by atoms with van der Waals surface area (Å²) in [7, 11) is 0. The summed E-state index contributed by atoms with van der Waals surface area (Å²) in [6.07, 6.45) is 1.81. The fraction of sp³-hybridized carbons (Fsp3) is 0.484. The van der Waals surface area contributed by atoms with E-state index >= 15 is 0 Å². The SMILES string of the molecule is C[C@@H]1[C@@H](C(C)(C)O)[C@H](CCn2cc(CCO)nn2)O[C@@]12C(=O)N(Cc1ccccc1)c1ccc(N3CCOC3=O)cc12. The number of benzene rings is 2. The van der Waals surface area contributed by atoms with Crippen LogP contribution in [-0.4, -0.2) is 68.7 Å². The first kappa shape index (κ1) is 28.3. The number of hydrogen-bond acceptors (Lipinski definition) is 8. The minimum atomic E-state index is -1.36. The zero-order valence-corrected chi connectivity index (χ0v) is 24.1. The summed E-state index contributed by atoms with van der Waals surface area (Å²) in [5.74, 6) is -0.958. The van der Waals surface area contributed by atoms with Crippen LogP contribution in [0, 0.1) is 11.8 Å². The molecule has 3 aliphatic rings. The molecule has 3 aromatic rings. The molecule has 1 spiro atoms. The number of nitrogens with zero attached hydrogens (tertiary/aromatic N) is 5. The summed E-state index contributed by atoms with van der Waals surface area (Å²) in [6.45, 7) is 7.04. The van der Waals surface area contributed by atoms with E-state index in [1.807, 2.05) is 55.5 Å². The molecule has 0 unspecified atom stereocenters. The molecule has 2 amide bonds. The minimum absolute atomic E-state index is 0.0105. The number of rotatable bonds is 9. The lowest BCUT2D eigenvalue weighted by molar-refractivity contribution is -0.146. The van der Waals surface area contributed by atoms with Gasteiger partial charge in [-0.15, -0.1) is 5.10 Å². The van der Waals surface area contributed by atoms with Gasteiger partial charge in [0.2, 0.25) is 0 Å². The molecule has 2 aromatic carbocycles. The van der Waals surface area contributed by atoms with Gasteiger partial charge >= 0.3 is 6.09 Å². The molecule has 222 valence electrons. The number of ether oxygens (including phenoxy) is 2. The van der Waals surface area contributed by atoms with Gasteiger partial charge < -0.3 is 24.6 Å². The lowest BCUT2D eigenvalue weighted by atomic mass is 9.70. The second kappa shape index (κ2) is 10.8. The normalized spacial score (nSPS) is 25.5. The lowest BCUT2D eigenvalue weighted by Gasteiger charge is -2.34. The second-order valence-electron chi connectivity index (χ2n) is 11.9. The van der Waals surface area contributed by atoms with Gasteiger partial charge in [-0.2, -0.15) is 0 Å². The average Bonchev–Trinajstić information content (AvgIpc) is 3.71. The van der Waals surface area contributed by atoms with Crippen LogP contribution in [-0.2, 0) is 39.4 Å². The van der Waals surface area contributed by atoms with Gasteiger partial charge in [0.05, 0.1) is 36.2 Å². The van der Waals surface area contributed by atoms with Gasteiger partial charge in [-0.3, -0.25) is 14.4 Å². The van der Waals surface area contributed by atoms with Gasteiger partial charge in [-0.25, -0.2) is 4.79 Å². The molecule has 11 nitrogen and oxygen atoms in total. The topological polar surface area (TPSA) is 130 Å². The van der Waals surface area contributed by atoms with Crippen molar-refractivity contribution in [1.82, 2.24) is 15.0 Å². The Labute approximate surface area is 244 Å². The largest absolute Gasteiger partial charge is 0.447 e. The van der Waals surface area contributed by atoms with Gasteiger partial charge in [0.15, 0.2) is 5.60 Å². The summed E-state index contributed by atoms with van der Waals surface area (Å²) in [4.78, 5) is 30.4. The predicted molar refractivity (Wildman–Crippen MR) is 154 cm³/mol. The van der Waals surface area contributed by atoms with Gasteiger partial charge in [-0.05, 0) is 44.0 Å². The first-order valence-electron chi connectivity index (χ1n) is 14.5. The maximum absolute atomic E-state index is 14.6. The molecule has 0 radical (unpaired) electrons. The Hall–Kier alpha value is -3.80. The fourth-order valence-electron chi connectivity index (χ4n) is 6.99. The van der Waals surface area contributed by atoms with Gasteiger partial charge in [0.25, 0.3) is 5.91 Å². The van der Waals surface area contributed by atoms with E-state index in [4.69, 9.17) is 9.47 Å². The summed E-state index contributed by atoms with van der Waals surface area (Å²) in [6, 6.07) is 15.4. The standard InChI is InChI=1S/C31H37N5O6/c1-20-27(30(2,3)40)26(11-13-34-19-22(12-15-37)32-33-34)42-31(20)24-17-23(35-14-16-41-29(35)39)9-10-25(24)36(28(31)38)18-21-7-5-4-6-8-21/h4-10,17,19-20,26-27,37,40H,11-16,18H2,1-3H3/t20-,26+,27-,31+/m1/s1. The van der Waals surface area contributed by atoms with Crippen LogP contribution < -0.4 is 9.80 Å². The first-order chi connectivity index (χ1) is 20.1. The molecule has 3 aliphatic heterocycles. The maximum Gasteiger partial charge on any atom is 0.414 e. The number of hydrogen-bond donors (Lipinski definition) is 2. The smallest absolute Gasteiger partial charge is 0.414 e. The molecule has 2 fully saturated rings. The third-order valence-electron chi connectivity index (χ3n) is 8.82. The highest BCUT2D eigenvalue weighted by Gasteiger charge is 2.65. The molecule has 4 atom stereocenters. The van der Waals surface area contributed by atoms with E-state index in [1.165, 1.54) is 0 Å². The van der Waals surface area contributed by atoms with Crippen molar-refractivity contribution in [2.75, 3.05) is 29.6 Å². The van der Waals surface area contributed by atoms with Crippen LogP contribution >= 0.6 is 0 Å². The van der Waals surface area contributed by atoms with Crippen molar-refractivity contribution in [2.24, 2.45) is 11.8 Å². The molecular weight excluding hydrogens is 538 g/mol. The number of anilines is 2. The van der Waals surface area contributed by atoms with Crippen molar-refractivity contribution in [1.29, 1.82) is 0 Å². The van der Waals surface area contributed by atoms with Crippen molar-refractivity contribution in [3.8, 4) is 0 Å². The van der Waals surface area contributed by atoms with Crippen molar-refractivity contribution >= 4 is 23.4 Å². The van der Waals surface area contributed by atoms with E-state index in [0.29, 0.717) is 56.0 Å². The number of amides is 2. The van der Waals surface area contributed by atoms with Crippen LogP contribution in [0.1, 0.15) is 44.0 Å². The molecule has 1 aromatic heterocycles. The minimum Gasteiger partial charge on any atom is -0.447 e. The molecular formula is C31H37N5O6. The molecule has 2 saturated heterocycles. The van der Waals surface area contributed by atoms with E-state index < -0.39 is 29.3 Å². The van der Waals surface area contributed by atoms with E-state index in [1.54, 1.807) is 34.5 Å². The molecule has 42 heavy (non-hydrogen) atoms. The van der Waals surface area contributed by atoms with Crippen LogP contribution in [0.4, 0.5) is 16.2 Å². The molecule has 0 aliphatic carbocycles. The number of carbonyl (C=O) groups excluding carboxylic acids is 2. The molecule has 0 bridgehead atoms. The Bertz CT molecular complexity index is 1470. The van der Waals surface area contributed by atoms with Crippen molar-refractivity contribution in [3.63, 3.8) is 0 Å². The maximum atomic E-state index is 14.6. The third-order valence-corrected chi connectivity index (χ3v) is 8.82. The summed E-state index contributed by atoms with van der Waals surface area (Å²) in [5.41, 5.74) is 1.22. The predicted octanol–water partition coefficient (Wildman–Crippen LogP) is 3.02. The van der Waals surface area contributed by atoms with Crippen LogP contribution in [0.5, 0.6) is 0 Å². The molecule has 11 heteroatoms. The van der Waals surface area contributed by atoms with E-state index in [0.717, 1.165) is 11.3 Å². The number of cyclic esters (lactones) is 1. The van der Waals surface area contributed by atoms with Crippen LogP contribution in [0.15, 0.2) is 54.7 Å².